The average molecular weight is 263 g/mol. The zero-order valence-corrected chi connectivity index (χ0v) is 11.7. The van der Waals surface area contributed by atoms with Gasteiger partial charge < -0.3 is 10.5 Å². The molecule has 0 radical (unpaired) electrons. The summed E-state index contributed by atoms with van der Waals surface area (Å²) in [5.74, 6) is 6.03. The van der Waals surface area contributed by atoms with E-state index < -0.39 is 0 Å². The summed E-state index contributed by atoms with van der Waals surface area (Å²) < 4.78 is 18.8. The van der Waals surface area contributed by atoms with Crippen molar-refractivity contribution < 1.29 is 9.13 Å². The van der Waals surface area contributed by atoms with Gasteiger partial charge in [0.25, 0.3) is 0 Å². The van der Waals surface area contributed by atoms with Crippen LogP contribution in [0, 0.1) is 23.6 Å². The van der Waals surface area contributed by atoms with Gasteiger partial charge in [0.2, 0.25) is 0 Å². The van der Waals surface area contributed by atoms with Gasteiger partial charge in [-0.25, -0.2) is 4.39 Å². The number of benzene rings is 1. The van der Waals surface area contributed by atoms with Crippen LogP contribution in [-0.2, 0) is 11.3 Å². The highest BCUT2D eigenvalue weighted by molar-refractivity contribution is 5.41. The van der Waals surface area contributed by atoms with E-state index in [9.17, 15) is 4.39 Å². The van der Waals surface area contributed by atoms with Gasteiger partial charge in [0.05, 0.1) is 13.2 Å². The van der Waals surface area contributed by atoms with E-state index >= 15 is 0 Å². The fourth-order valence-electron chi connectivity index (χ4n) is 1.71. The minimum absolute atomic E-state index is 0.269. The van der Waals surface area contributed by atoms with Crippen molar-refractivity contribution in [2.75, 3.05) is 13.2 Å². The predicted molar refractivity (Wildman–Crippen MR) is 76.1 cm³/mol. The molecule has 0 aromatic heterocycles. The van der Waals surface area contributed by atoms with E-state index in [1.54, 1.807) is 6.07 Å². The van der Waals surface area contributed by atoms with Gasteiger partial charge in [-0.05, 0) is 36.5 Å². The molecular weight excluding hydrogens is 241 g/mol. The van der Waals surface area contributed by atoms with Crippen molar-refractivity contribution in [2.24, 2.45) is 11.7 Å². The maximum Gasteiger partial charge on any atom is 0.124 e. The lowest BCUT2D eigenvalue weighted by molar-refractivity contribution is 0.114. The molecule has 0 atom stereocenters. The van der Waals surface area contributed by atoms with Gasteiger partial charge in [-0.2, -0.15) is 0 Å². The molecule has 0 bridgehead atoms. The van der Waals surface area contributed by atoms with Crippen molar-refractivity contribution >= 4 is 0 Å². The fraction of sp³-hybridized carbons (Fsp3) is 0.500. The molecule has 0 saturated heterocycles. The predicted octanol–water partition coefficient (Wildman–Crippen LogP) is 3.09. The molecule has 3 heteroatoms. The molecule has 0 fully saturated rings. The summed E-state index contributed by atoms with van der Waals surface area (Å²) in [5.41, 5.74) is 6.90. The van der Waals surface area contributed by atoms with Gasteiger partial charge in [-0.15, -0.1) is 0 Å². The largest absolute Gasteiger partial charge is 0.377 e. The van der Waals surface area contributed by atoms with E-state index in [0.717, 1.165) is 25.0 Å². The Labute approximate surface area is 115 Å². The summed E-state index contributed by atoms with van der Waals surface area (Å²) in [6, 6.07) is 4.58. The summed E-state index contributed by atoms with van der Waals surface area (Å²) in [4.78, 5) is 0. The van der Waals surface area contributed by atoms with Crippen LogP contribution in [0.5, 0.6) is 0 Å². The Balaban J connectivity index is 2.52. The van der Waals surface area contributed by atoms with Crippen LogP contribution in [0.4, 0.5) is 4.39 Å². The van der Waals surface area contributed by atoms with Crippen LogP contribution < -0.4 is 5.73 Å². The first-order valence-electron chi connectivity index (χ1n) is 6.68. The Morgan fingerprint density at radius 2 is 2.16 bits per heavy atom. The second kappa shape index (κ2) is 8.68. The third-order valence-electron chi connectivity index (χ3n) is 2.72. The first kappa shape index (κ1) is 15.7. The van der Waals surface area contributed by atoms with Gasteiger partial charge >= 0.3 is 0 Å². The minimum Gasteiger partial charge on any atom is -0.377 e. The third-order valence-corrected chi connectivity index (χ3v) is 2.72. The van der Waals surface area contributed by atoms with Gasteiger partial charge in [0.1, 0.15) is 5.82 Å². The van der Waals surface area contributed by atoms with Crippen LogP contribution in [0.1, 0.15) is 37.8 Å². The molecule has 0 amide bonds. The molecule has 0 spiro atoms. The first-order chi connectivity index (χ1) is 9.13. The molecule has 0 aliphatic heterocycles. The highest BCUT2D eigenvalue weighted by Gasteiger charge is 2.03. The highest BCUT2D eigenvalue weighted by Crippen LogP contribution is 2.12. The standard InChI is InChI=1S/C16H22FNO/c1-13(2)5-4-10-19-12-15-7-8-16(17)11-14(15)6-3-9-18/h7-8,11,13H,4-5,9-10,12,18H2,1-2H3. The van der Waals surface area contributed by atoms with Crippen molar-refractivity contribution in [3.63, 3.8) is 0 Å². The molecular formula is C16H22FNO. The van der Waals surface area contributed by atoms with E-state index in [1.165, 1.54) is 12.1 Å². The minimum atomic E-state index is -0.287. The Bertz CT molecular complexity index is 446. The summed E-state index contributed by atoms with van der Waals surface area (Å²) in [5, 5.41) is 0. The van der Waals surface area contributed by atoms with Crippen molar-refractivity contribution in [1.82, 2.24) is 0 Å². The molecule has 2 nitrogen and oxygen atoms in total. The van der Waals surface area contributed by atoms with Crippen LogP contribution in [0.2, 0.25) is 0 Å². The Morgan fingerprint density at radius 1 is 1.37 bits per heavy atom. The Hall–Kier alpha value is -1.37. The quantitative estimate of drug-likeness (QED) is 0.632. The summed E-state index contributed by atoms with van der Waals surface area (Å²) in [6.07, 6.45) is 2.20. The molecule has 1 aromatic carbocycles. The van der Waals surface area contributed by atoms with Crippen molar-refractivity contribution in [1.29, 1.82) is 0 Å². The number of hydrogen-bond donors (Lipinski definition) is 1. The van der Waals surface area contributed by atoms with Crippen LogP contribution >= 0.6 is 0 Å². The molecule has 1 aromatic rings. The molecule has 0 aliphatic carbocycles. The van der Waals surface area contributed by atoms with Crippen LogP contribution in [0.3, 0.4) is 0 Å². The lowest BCUT2D eigenvalue weighted by Crippen LogP contribution is -2.00. The van der Waals surface area contributed by atoms with Gasteiger partial charge in [-0.1, -0.05) is 31.8 Å². The van der Waals surface area contributed by atoms with Gasteiger partial charge in [0.15, 0.2) is 0 Å². The summed E-state index contributed by atoms with van der Waals surface area (Å²) >= 11 is 0. The molecule has 0 heterocycles. The average Bonchev–Trinajstić information content (AvgIpc) is 2.37. The van der Waals surface area contributed by atoms with Crippen LogP contribution in [-0.4, -0.2) is 13.2 Å². The van der Waals surface area contributed by atoms with Gasteiger partial charge in [0, 0.05) is 12.2 Å². The number of halogens is 1. The normalized spacial score (nSPS) is 10.4. The van der Waals surface area contributed by atoms with E-state index in [0.29, 0.717) is 18.1 Å². The highest BCUT2D eigenvalue weighted by atomic mass is 19.1. The SMILES string of the molecule is CC(C)CCCOCc1ccc(F)cc1C#CCN. The molecule has 19 heavy (non-hydrogen) atoms. The summed E-state index contributed by atoms with van der Waals surface area (Å²) in [6.45, 7) is 5.85. The zero-order chi connectivity index (χ0) is 14.1. The topological polar surface area (TPSA) is 35.2 Å². The monoisotopic (exact) mass is 263 g/mol. The van der Waals surface area contributed by atoms with Crippen molar-refractivity contribution in [2.45, 2.75) is 33.3 Å². The number of ether oxygens (including phenoxy) is 1. The summed E-state index contributed by atoms with van der Waals surface area (Å²) in [7, 11) is 0. The number of nitrogens with two attached hydrogens (primary N) is 1. The molecule has 2 N–H and O–H groups in total. The molecule has 0 unspecified atom stereocenters. The van der Waals surface area contributed by atoms with E-state index in [-0.39, 0.29) is 12.4 Å². The van der Waals surface area contributed by atoms with Crippen molar-refractivity contribution in [3.05, 3.63) is 35.1 Å². The second-order valence-corrected chi connectivity index (χ2v) is 4.90. The lowest BCUT2D eigenvalue weighted by atomic mass is 10.1. The third kappa shape index (κ3) is 6.37. The Kier molecular flexibility index (Phi) is 7.17. The van der Waals surface area contributed by atoms with Gasteiger partial charge in [-0.3, -0.25) is 0 Å². The molecule has 1 rings (SSSR count). The molecule has 0 saturated carbocycles. The van der Waals surface area contributed by atoms with E-state index in [4.69, 9.17) is 10.5 Å². The smallest absolute Gasteiger partial charge is 0.124 e. The molecule has 104 valence electrons. The molecule has 0 aliphatic rings. The number of hydrogen-bond acceptors (Lipinski definition) is 2. The fourth-order valence-corrected chi connectivity index (χ4v) is 1.71. The maximum atomic E-state index is 13.2. The second-order valence-electron chi connectivity index (χ2n) is 4.90. The van der Waals surface area contributed by atoms with E-state index in [1.807, 2.05) is 0 Å². The Morgan fingerprint density at radius 3 is 2.84 bits per heavy atom. The van der Waals surface area contributed by atoms with E-state index in [2.05, 4.69) is 25.7 Å². The zero-order valence-electron chi connectivity index (χ0n) is 11.7. The lowest BCUT2D eigenvalue weighted by Gasteiger charge is -2.08. The number of rotatable bonds is 6. The van der Waals surface area contributed by atoms with Crippen molar-refractivity contribution in [3.8, 4) is 11.8 Å². The maximum absolute atomic E-state index is 13.2. The first-order valence-corrected chi connectivity index (χ1v) is 6.68. The van der Waals surface area contributed by atoms with Crippen LogP contribution in [0.25, 0.3) is 0 Å². The van der Waals surface area contributed by atoms with Crippen LogP contribution in [0.15, 0.2) is 18.2 Å².